The fourth-order valence-corrected chi connectivity index (χ4v) is 3.61. The fourth-order valence-electron chi connectivity index (χ4n) is 2.73. The molecule has 0 bridgehead atoms. The molecule has 0 spiro atoms. The van der Waals surface area contributed by atoms with Crippen molar-refractivity contribution in [2.24, 2.45) is 5.10 Å². The van der Waals surface area contributed by atoms with Gasteiger partial charge >= 0.3 is 0 Å². The van der Waals surface area contributed by atoms with Crippen LogP contribution < -0.4 is 10.2 Å². The van der Waals surface area contributed by atoms with Gasteiger partial charge in [-0.1, -0.05) is 42.1 Å². The van der Waals surface area contributed by atoms with E-state index >= 15 is 0 Å². The number of imidazole rings is 1. The highest BCUT2D eigenvalue weighted by molar-refractivity contribution is 7.99. The van der Waals surface area contributed by atoms with Gasteiger partial charge in [0.1, 0.15) is 5.75 Å². The van der Waals surface area contributed by atoms with E-state index in [-0.39, 0.29) is 11.7 Å². The molecular formula is C21H22N4O2S. The maximum Gasteiger partial charge on any atom is 0.250 e. The van der Waals surface area contributed by atoms with E-state index in [0.717, 1.165) is 34.0 Å². The molecule has 1 amide bonds. The van der Waals surface area contributed by atoms with Crippen LogP contribution >= 0.6 is 11.8 Å². The normalized spacial score (nSPS) is 11.5. The molecule has 0 aliphatic heterocycles. The number of hydrazone groups is 1. The first-order chi connectivity index (χ1) is 13.7. The maximum atomic E-state index is 12.0. The number of thioether (sulfide) groups is 1. The molecule has 144 valence electrons. The molecule has 1 heterocycles. The average molecular weight is 395 g/mol. The second kappa shape index (κ2) is 9.75. The minimum atomic E-state index is -0.179. The van der Waals surface area contributed by atoms with Crippen molar-refractivity contribution in [2.45, 2.75) is 18.6 Å². The maximum absolute atomic E-state index is 12.0. The molecule has 1 aromatic heterocycles. The summed E-state index contributed by atoms with van der Waals surface area (Å²) in [7, 11) is 1.63. The van der Waals surface area contributed by atoms with Gasteiger partial charge in [-0.3, -0.25) is 4.79 Å². The topological polar surface area (TPSA) is 68.5 Å². The zero-order chi connectivity index (χ0) is 19.8. The van der Waals surface area contributed by atoms with E-state index in [0.29, 0.717) is 0 Å². The number of benzene rings is 2. The first-order valence-electron chi connectivity index (χ1n) is 8.92. The van der Waals surface area contributed by atoms with Crippen molar-refractivity contribution < 1.29 is 9.53 Å². The third kappa shape index (κ3) is 4.80. The number of methoxy groups -OCH3 is 1. The standard InChI is InChI=1S/C21H22N4O2S/c1-3-25-18-12-6-5-11-17(18)23-21(25)28-15-20(26)24-22-14-8-10-16-9-4-7-13-19(16)27-2/h4-14H,3,15H2,1-2H3,(H,24,26). The minimum absolute atomic E-state index is 0.179. The van der Waals surface area contributed by atoms with Crippen molar-refractivity contribution in [1.82, 2.24) is 15.0 Å². The van der Waals surface area contributed by atoms with E-state index in [1.54, 1.807) is 13.2 Å². The predicted molar refractivity (Wildman–Crippen MR) is 115 cm³/mol. The number of rotatable bonds is 8. The van der Waals surface area contributed by atoms with E-state index in [1.807, 2.05) is 54.6 Å². The summed E-state index contributed by atoms with van der Waals surface area (Å²) in [5.41, 5.74) is 5.48. The summed E-state index contributed by atoms with van der Waals surface area (Å²) in [6.45, 7) is 2.87. The van der Waals surface area contributed by atoms with Gasteiger partial charge in [-0.15, -0.1) is 0 Å². The van der Waals surface area contributed by atoms with Crippen LogP contribution in [0.3, 0.4) is 0 Å². The number of nitrogens with one attached hydrogen (secondary N) is 1. The molecule has 0 fully saturated rings. The van der Waals surface area contributed by atoms with E-state index in [4.69, 9.17) is 4.74 Å². The molecule has 0 atom stereocenters. The molecule has 0 aliphatic rings. The fraction of sp³-hybridized carbons (Fsp3) is 0.190. The van der Waals surface area contributed by atoms with Crippen LogP contribution in [0.2, 0.25) is 0 Å². The van der Waals surface area contributed by atoms with Crippen LogP contribution in [0.1, 0.15) is 12.5 Å². The van der Waals surface area contributed by atoms with Gasteiger partial charge in [-0.05, 0) is 37.3 Å². The van der Waals surface area contributed by atoms with E-state index in [1.165, 1.54) is 18.0 Å². The number of carbonyl (C=O) groups is 1. The van der Waals surface area contributed by atoms with Crippen LogP contribution in [0.4, 0.5) is 0 Å². The Labute approximate surface area is 168 Å². The summed E-state index contributed by atoms with van der Waals surface area (Å²) in [6.07, 6.45) is 5.16. The Balaban J connectivity index is 1.52. The molecule has 7 heteroatoms. The number of fused-ring (bicyclic) bond motifs is 1. The number of aryl methyl sites for hydroxylation is 1. The first-order valence-corrected chi connectivity index (χ1v) is 9.91. The number of nitrogens with zero attached hydrogens (tertiary/aromatic N) is 3. The van der Waals surface area contributed by atoms with Crippen LogP contribution in [-0.4, -0.2) is 34.5 Å². The number of hydrogen-bond acceptors (Lipinski definition) is 5. The predicted octanol–water partition coefficient (Wildman–Crippen LogP) is 3.97. The van der Waals surface area contributed by atoms with Gasteiger partial charge in [-0.2, -0.15) is 5.10 Å². The summed E-state index contributed by atoms with van der Waals surface area (Å²) in [5, 5.41) is 4.78. The third-order valence-corrected chi connectivity index (χ3v) is 5.01. The van der Waals surface area contributed by atoms with E-state index in [2.05, 4.69) is 27.0 Å². The lowest BCUT2D eigenvalue weighted by Crippen LogP contribution is -2.19. The quantitative estimate of drug-likeness (QED) is 0.357. The van der Waals surface area contributed by atoms with Gasteiger partial charge in [-0.25, -0.2) is 10.4 Å². The summed E-state index contributed by atoms with van der Waals surface area (Å²) < 4.78 is 7.38. The summed E-state index contributed by atoms with van der Waals surface area (Å²) in [5.74, 6) is 0.852. The van der Waals surface area contributed by atoms with Gasteiger partial charge in [0, 0.05) is 18.3 Å². The highest BCUT2D eigenvalue weighted by atomic mass is 32.2. The summed E-state index contributed by atoms with van der Waals surface area (Å²) in [6, 6.07) is 15.6. The Kier molecular flexibility index (Phi) is 6.86. The van der Waals surface area contributed by atoms with Gasteiger partial charge in [0.25, 0.3) is 5.91 Å². The molecule has 0 saturated heterocycles. The lowest BCUT2D eigenvalue weighted by atomic mass is 10.2. The van der Waals surface area contributed by atoms with Gasteiger partial charge in [0.15, 0.2) is 5.16 Å². The summed E-state index contributed by atoms with van der Waals surface area (Å²) >= 11 is 1.40. The Morgan fingerprint density at radius 3 is 2.86 bits per heavy atom. The lowest BCUT2D eigenvalue weighted by Gasteiger charge is -2.04. The second-order valence-corrected chi connectivity index (χ2v) is 6.77. The highest BCUT2D eigenvalue weighted by Crippen LogP contribution is 2.23. The molecule has 28 heavy (non-hydrogen) atoms. The van der Waals surface area contributed by atoms with Crippen molar-refractivity contribution in [3.05, 3.63) is 60.2 Å². The van der Waals surface area contributed by atoms with E-state index in [9.17, 15) is 4.79 Å². The van der Waals surface area contributed by atoms with Crippen molar-refractivity contribution in [1.29, 1.82) is 0 Å². The van der Waals surface area contributed by atoms with Gasteiger partial charge in [0.05, 0.1) is 23.9 Å². The number of para-hydroxylation sites is 3. The van der Waals surface area contributed by atoms with Crippen molar-refractivity contribution in [2.75, 3.05) is 12.9 Å². The molecule has 2 aromatic carbocycles. The van der Waals surface area contributed by atoms with Crippen LogP contribution in [0.5, 0.6) is 5.75 Å². The number of carbonyl (C=O) groups excluding carboxylic acids is 1. The zero-order valence-corrected chi connectivity index (χ0v) is 16.6. The number of ether oxygens (including phenoxy) is 1. The molecule has 3 rings (SSSR count). The Bertz CT molecular complexity index is 1010. The monoisotopic (exact) mass is 394 g/mol. The van der Waals surface area contributed by atoms with Gasteiger partial charge < -0.3 is 9.30 Å². The van der Waals surface area contributed by atoms with Crippen LogP contribution in [0, 0.1) is 0 Å². The highest BCUT2D eigenvalue weighted by Gasteiger charge is 2.11. The Hall–Kier alpha value is -3.06. The van der Waals surface area contributed by atoms with Crippen molar-refractivity contribution in [3.8, 4) is 5.75 Å². The van der Waals surface area contributed by atoms with Crippen LogP contribution in [-0.2, 0) is 11.3 Å². The largest absolute Gasteiger partial charge is 0.496 e. The Morgan fingerprint density at radius 2 is 2.04 bits per heavy atom. The first kappa shape index (κ1) is 19.7. The Morgan fingerprint density at radius 1 is 1.25 bits per heavy atom. The van der Waals surface area contributed by atoms with Gasteiger partial charge in [0.2, 0.25) is 0 Å². The molecule has 6 nitrogen and oxygen atoms in total. The molecule has 0 saturated carbocycles. The van der Waals surface area contributed by atoms with Crippen molar-refractivity contribution >= 4 is 41.0 Å². The number of aromatic nitrogens is 2. The smallest absolute Gasteiger partial charge is 0.250 e. The third-order valence-electron chi connectivity index (χ3n) is 4.03. The molecular weight excluding hydrogens is 372 g/mol. The van der Waals surface area contributed by atoms with Crippen LogP contribution in [0.15, 0.2) is 64.9 Å². The zero-order valence-electron chi connectivity index (χ0n) is 15.8. The minimum Gasteiger partial charge on any atom is -0.496 e. The SMILES string of the molecule is CCn1c(SCC(=O)NN=CC=Cc2ccccc2OC)nc2ccccc21. The van der Waals surface area contributed by atoms with E-state index < -0.39 is 0 Å². The molecule has 1 N–H and O–H groups in total. The second-order valence-electron chi connectivity index (χ2n) is 5.83. The number of hydrogen-bond donors (Lipinski definition) is 1. The molecule has 3 aromatic rings. The average Bonchev–Trinajstić information content (AvgIpc) is 3.09. The number of amides is 1. The molecule has 0 aliphatic carbocycles. The van der Waals surface area contributed by atoms with Crippen molar-refractivity contribution in [3.63, 3.8) is 0 Å². The summed E-state index contributed by atoms with van der Waals surface area (Å²) in [4.78, 5) is 16.6. The van der Waals surface area contributed by atoms with Crippen LogP contribution in [0.25, 0.3) is 17.1 Å². The molecule has 0 radical (unpaired) electrons. The lowest BCUT2D eigenvalue weighted by molar-refractivity contribution is -0.118. The molecule has 0 unspecified atom stereocenters. The number of allylic oxidation sites excluding steroid dienone is 1.